The fourth-order valence-electron chi connectivity index (χ4n) is 2.85. The smallest absolute Gasteiger partial charge is 0.0920 e. The van der Waals surface area contributed by atoms with Crippen molar-refractivity contribution in [2.45, 2.75) is 25.0 Å². The molecule has 4 heteroatoms. The highest BCUT2D eigenvalue weighted by Gasteiger charge is 2.33. The largest absolute Gasteiger partial charge is 0.385 e. The summed E-state index contributed by atoms with van der Waals surface area (Å²) in [5.74, 6) is 0. The summed E-state index contributed by atoms with van der Waals surface area (Å²) in [5.41, 5.74) is 1.31. The first-order chi connectivity index (χ1) is 10.2. The Kier molecular flexibility index (Phi) is 4.24. The number of aromatic nitrogens is 1. The van der Waals surface area contributed by atoms with Crippen LogP contribution in [0.5, 0.6) is 0 Å². The van der Waals surface area contributed by atoms with E-state index in [2.05, 4.69) is 9.88 Å². The molecular weight excluding hydrogens is 284 g/mol. The summed E-state index contributed by atoms with van der Waals surface area (Å²) in [4.78, 5) is 6.70. The molecule has 0 unspecified atom stereocenters. The first-order valence-corrected chi connectivity index (χ1v) is 7.64. The molecule has 1 aromatic carbocycles. The monoisotopic (exact) mass is 302 g/mol. The molecule has 1 fully saturated rings. The second-order valence-electron chi connectivity index (χ2n) is 5.64. The highest BCUT2D eigenvalue weighted by Crippen LogP contribution is 2.33. The molecule has 0 bridgehead atoms. The number of pyridine rings is 1. The van der Waals surface area contributed by atoms with E-state index in [1.165, 1.54) is 0 Å². The third kappa shape index (κ3) is 3.43. The van der Waals surface area contributed by atoms with Gasteiger partial charge in [-0.15, -0.1) is 0 Å². The minimum absolute atomic E-state index is 0.704. The molecule has 1 N–H and O–H groups in total. The molecule has 1 aromatic heterocycles. The molecule has 0 amide bonds. The second-order valence-corrected chi connectivity index (χ2v) is 6.07. The van der Waals surface area contributed by atoms with Crippen LogP contribution in [0.3, 0.4) is 0 Å². The topological polar surface area (TPSA) is 36.4 Å². The summed E-state index contributed by atoms with van der Waals surface area (Å²) >= 11 is 5.91. The van der Waals surface area contributed by atoms with E-state index in [1.807, 2.05) is 48.7 Å². The van der Waals surface area contributed by atoms with E-state index in [0.717, 1.165) is 43.7 Å². The van der Waals surface area contributed by atoms with Crippen LogP contribution in [0.25, 0.3) is 0 Å². The lowest BCUT2D eigenvalue weighted by Crippen LogP contribution is -2.42. The van der Waals surface area contributed by atoms with Crippen molar-refractivity contribution in [3.63, 3.8) is 0 Å². The summed E-state index contributed by atoms with van der Waals surface area (Å²) in [7, 11) is 0. The zero-order valence-electron chi connectivity index (χ0n) is 11.9. The number of piperidine rings is 1. The van der Waals surface area contributed by atoms with E-state index in [0.29, 0.717) is 5.02 Å². The number of hydrogen-bond acceptors (Lipinski definition) is 3. The van der Waals surface area contributed by atoms with Gasteiger partial charge in [0.15, 0.2) is 0 Å². The summed E-state index contributed by atoms with van der Waals surface area (Å²) < 4.78 is 0. The molecule has 3 nitrogen and oxygen atoms in total. The van der Waals surface area contributed by atoms with Gasteiger partial charge >= 0.3 is 0 Å². The fourth-order valence-corrected chi connectivity index (χ4v) is 2.98. The predicted octanol–water partition coefficient (Wildman–Crippen LogP) is 3.22. The average Bonchev–Trinajstić information content (AvgIpc) is 2.51. The Morgan fingerprint density at radius 2 is 1.81 bits per heavy atom. The van der Waals surface area contributed by atoms with E-state index in [1.54, 1.807) is 0 Å². The van der Waals surface area contributed by atoms with Gasteiger partial charge in [-0.25, -0.2) is 0 Å². The Bertz CT molecular complexity index is 577. The van der Waals surface area contributed by atoms with Crippen molar-refractivity contribution >= 4 is 11.6 Å². The Labute approximate surface area is 130 Å². The molecule has 2 aromatic rings. The highest BCUT2D eigenvalue weighted by molar-refractivity contribution is 6.30. The quantitative estimate of drug-likeness (QED) is 0.946. The van der Waals surface area contributed by atoms with Gasteiger partial charge in [-0.2, -0.15) is 0 Å². The standard InChI is InChI=1S/C17H19ClN2O/c18-15-6-4-14(5-7-15)17(21)8-11-20(12-9-17)13-16-3-1-2-10-19-16/h1-7,10,21H,8-9,11-13H2. The molecule has 3 rings (SSSR count). The molecule has 21 heavy (non-hydrogen) atoms. The number of hydrogen-bond donors (Lipinski definition) is 1. The number of rotatable bonds is 3. The molecular formula is C17H19ClN2O. The van der Waals surface area contributed by atoms with Gasteiger partial charge < -0.3 is 5.11 Å². The molecule has 2 heterocycles. The van der Waals surface area contributed by atoms with Crippen LogP contribution in [0.4, 0.5) is 0 Å². The molecule has 110 valence electrons. The van der Waals surface area contributed by atoms with Crippen LogP contribution in [0.1, 0.15) is 24.1 Å². The SMILES string of the molecule is OC1(c2ccc(Cl)cc2)CCN(Cc2ccccn2)CC1. The zero-order valence-corrected chi connectivity index (χ0v) is 12.6. The lowest BCUT2D eigenvalue weighted by atomic mass is 9.84. The number of halogens is 1. The molecule has 0 radical (unpaired) electrons. The summed E-state index contributed by atoms with van der Waals surface area (Å²) in [6, 6.07) is 13.5. The molecule has 0 spiro atoms. The van der Waals surface area contributed by atoms with Gasteiger partial charge in [0.2, 0.25) is 0 Å². The minimum Gasteiger partial charge on any atom is -0.385 e. The molecule has 0 saturated carbocycles. The van der Waals surface area contributed by atoms with Crippen LogP contribution in [-0.2, 0) is 12.1 Å². The molecule has 1 saturated heterocycles. The first-order valence-electron chi connectivity index (χ1n) is 7.26. The third-order valence-corrected chi connectivity index (χ3v) is 4.43. The lowest BCUT2D eigenvalue weighted by Gasteiger charge is -2.38. The Balaban J connectivity index is 1.63. The van der Waals surface area contributed by atoms with E-state index < -0.39 is 5.60 Å². The van der Waals surface area contributed by atoms with Gasteiger partial charge in [0.1, 0.15) is 0 Å². The van der Waals surface area contributed by atoms with E-state index in [-0.39, 0.29) is 0 Å². The highest BCUT2D eigenvalue weighted by atomic mass is 35.5. The number of likely N-dealkylation sites (tertiary alicyclic amines) is 1. The van der Waals surface area contributed by atoms with Crippen molar-refractivity contribution in [3.8, 4) is 0 Å². The molecule has 1 aliphatic heterocycles. The van der Waals surface area contributed by atoms with Crippen molar-refractivity contribution in [1.29, 1.82) is 0 Å². The van der Waals surface area contributed by atoms with Crippen molar-refractivity contribution in [3.05, 3.63) is 64.9 Å². The van der Waals surface area contributed by atoms with Gasteiger partial charge in [-0.05, 0) is 42.7 Å². The Hall–Kier alpha value is -1.42. The van der Waals surface area contributed by atoms with Crippen molar-refractivity contribution in [2.24, 2.45) is 0 Å². The average molecular weight is 303 g/mol. The summed E-state index contributed by atoms with van der Waals surface area (Å²) in [6.07, 6.45) is 3.30. The molecule has 1 aliphatic rings. The maximum atomic E-state index is 10.8. The predicted molar refractivity (Wildman–Crippen MR) is 84.1 cm³/mol. The van der Waals surface area contributed by atoms with Gasteiger partial charge in [0.25, 0.3) is 0 Å². The first kappa shape index (κ1) is 14.5. The van der Waals surface area contributed by atoms with Crippen LogP contribution in [0.15, 0.2) is 48.7 Å². The molecule has 0 aliphatic carbocycles. The lowest BCUT2D eigenvalue weighted by molar-refractivity contribution is -0.0279. The Morgan fingerprint density at radius 3 is 2.43 bits per heavy atom. The van der Waals surface area contributed by atoms with Crippen LogP contribution < -0.4 is 0 Å². The second kappa shape index (κ2) is 6.14. The maximum absolute atomic E-state index is 10.8. The van der Waals surface area contributed by atoms with Crippen LogP contribution >= 0.6 is 11.6 Å². The van der Waals surface area contributed by atoms with Gasteiger partial charge in [-0.3, -0.25) is 9.88 Å². The Morgan fingerprint density at radius 1 is 1.10 bits per heavy atom. The van der Waals surface area contributed by atoms with E-state index in [4.69, 9.17) is 11.6 Å². The minimum atomic E-state index is -0.731. The number of aliphatic hydroxyl groups is 1. The van der Waals surface area contributed by atoms with Crippen LogP contribution in [-0.4, -0.2) is 28.1 Å². The van der Waals surface area contributed by atoms with Gasteiger partial charge in [0, 0.05) is 30.9 Å². The van der Waals surface area contributed by atoms with E-state index >= 15 is 0 Å². The maximum Gasteiger partial charge on any atom is 0.0920 e. The third-order valence-electron chi connectivity index (χ3n) is 4.18. The fraction of sp³-hybridized carbons (Fsp3) is 0.353. The summed E-state index contributed by atoms with van der Waals surface area (Å²) in [5, 5.41) is 11.5. The number of benzene rings is 1. The summed E-state index contributed by atoms with van der Waals surface area (Å²) in [6.45, 7) is 2.59. The zero-order chi connectivity index (χ0) is 14.7. The van der Waals surface area contributed by atoms with Crippen LogP contribution in [0.2, 0.25) is 5.02 Å². The van der Waals surface area contributed by atoms with Gasteiger partial charge in [0.05, 0.1) is 11.3 Å². The van der Waals surface area contributed by atoms with Crippen LogP contribution in [0, 0.1) is 0 Å². The molecule has 0 atom stereocenters. The number of nitrogens with zero attached hydrogens (tertiary/aromatic N) is 2. The van der Waals surface area contributed by atoms with Gasteiger partial charge in [-0.1, -0.05) is 29.8 Å². The normalized spacial score (nSPS) is 18.6. The van der Waals surface area contributed by atoms with Crippen molar-refractivity contribution < 1.29 is 5.11 Å². The van der Waals surface area contributed by atoms with Crippen molar-refractivity contribution in [2.75, 3.05) is 13.1 Å². The van der Waals surface area contributed by atoms with E-state index in [9.17, 15) is 5.11 Å². The van der Waals surface area contributed by atoms with Crippen molar-refractivity contribution in [1.82, 2.24) is 9.88 Å².